The second kappa shape index (κ2) is 6.81. The minimum Gasteiger partial charge on any atom is -0.359 e. The molecule has 116 valence electrons. The summed E-state index contributed by atoms with van der Waals surface area (Å²) in [5, 5.41) is 7.45. The van der Waals surface area contributed by atoms with Crippen LogP contribution in [0, 0.1) is 0 Å². The van der Waals surface area contributed by atoms with E-state index in [2.05, 4.69) is 15.5 Å². The number of halogens is 2. The first-order chi connectivity index (χ1) is 11.1. The molecule has 0 unspecified atom stereocenters. The van der Waals surface area contributed by atoms with Crippen molar-refractivity contribution in [2.45, 2.75) is 6.54 Å². The van der Waals surface area contributed by atoms with Crippen molar-refractivity contribution in [1.29, 1.82) is 0 Å². The molecule has 23 heavy (non-hydrogen) atoms. The first-order valence-electron chi connectivity index (χ1n) is 6.74. The van der Waals surface area contributed by atoms with Crippen LogP contribution in [0.3, 0.4) is 0 Å². The van der Waals surface area contributed by atoms with E-state index in [9.17, 15) is 4.79 Å². The number of hydrogen-bond acceptors (Lipinski definition) is 4. The molecule has 2 aromatic heterocycles. The van der Waals surface area contributed by atoms with Crippen molar-refractivity contribution in [2.24, 2.45) is 0 Å². The Balaban J connectivity index is 1.68. The van der Waals surface area contributed by atoms with Gasteiger partial charge in [0.2, 0.25) is 0 Å². The smallest absolute Gasteiger partial charge is 0.254 e. The highest BCUT2D eigenvalue weighted by Gasteiger charge is 2.12. The summed E-state index contributed by atoms with van der Waals surface area (Å²) in [6.45, 7) is 0.192. The number of nitrogens with one attached hydrogen (secondary N) is 1. The zero-order chi connectivity index (χ0) is 16.2. The number of amides is 1. The number of benzene rings is 1. The van der Waals surface area contributed by atoms with E-state index in [0.29, 0.717) is 22.0 Å². The predicted molar refractivity (Wildman–Crippen MR) is 87.4 cm³/mol. The highest BCUT2D eigenvalue weighted by Crippen LogP contribution is 2.22. The third-order valence-corrected chi connectivity index (χ3v) is 3.64. The lowest BCUT2D eigenvalue weighted by Crippen LogP contribution is -2.23. The van der Waals surface area contributed by atoms with Crippen LogP contribution in [0.2, 0.25) is 10.2 Å². The van der Waals surface area contributed by atoms with E-state index in [0.717, 1.165) is 5.56 Å². The lowest BCUT2D eigenvalue weighted by Gasteiger charge is -2.03. The largest absolute Gasteiger partial charge is 0.359 e. The summed E-state index contributed by atoms with van der Waals surface area (Å²) in [5.41, 5.74) is 1.80. The minimum absolute atomic E-state index is 0.155. The van der Waals surface area contributed by atoms with Crippen LogP contribution in [0.5, 0.6) is 0 Å². The highest BCUT2D eigenvalue weighted by molar-refractivity contribution is 6.32. The van der Waals surface area contributed by atoms with E-state index in [1.54, 1.807) is 30.3 Å². The molecule has 1 N–H and O–H groups in total. The molecular weight excluding hydrogens is 337 g/mol. The number of aromatic nitrogens is 2. The molecule has 2 heterocycles. The Kier molecular flexibility index (Phi) is 4.60. The summed E-state index contributed by atoms with van der Waals surface area (Å²) < 4.78 is 5.22. The zero-order valence-electron chi connectivity index (χ0n) is 11.8. The monoisotopic (exact) mass is 347 g/mol. The molecule has 1 amide bonds. The Bertz CT molecular complexity index is 849. The average Bonchev–Trinajstić information content (AvgIpc) is 3.02. The molecule has 0 aliphatic heterocycles. The molecule has 0 fully saturated rings. The van der Waals surface area contributed by atoms with Crippen molar-refractivity contribution in [3.05, 3.63) is 70.2 Å². The van der Waals surface area contributed by atoms with Gasteiger partial charge in [-0.2, -0.15) is 0 Å². The highest BCUT2D eigenvalue weighted by atomic mass is 35.5. The molecule has 3 rings (SSSR count). The third kappa shape index (κ3) is 3.70. The van der Waals surface area contributed by atoms with Gasteiger partial charge in [-0.25, -0.2) is 4.98 Å². The molecule has 0 bridgehead atoms. The maximum atomic E-state index is 12.0. The summed E-state index contributed by atoms with van der Waals surface area (Å²) in [5.74, 6) is 0.192. The summed E-state index contributed by atoms with van der Waals surface area (Å²) in [4.78, 5) is 15.9. The molecule has 0 spiro atoms. The molecule has 0 saturated heterocycles. The van der Waals surface area contributed by atoms with Gasteiger partial charge >= 0.3 is 0 Å². The van der Waals surface area contributed by atoms with Crippen molar-refractivity contribution in [3.63, 3.8) is 0 Å². The van der Waals surface area contributed by atoms with Crippen LogP contribution in [0.25, 0.3) is 11.3 Å². The minimum atomic E-state index is -0.330. The van der Waals surface area contributed by atoms with Gasteiger partial charge in [0.15, 0.2) is 5.76 Å². The number of carbonyl (C=O) groups is 1. The van der Waals surface area contributed by atoms with Crippen molar-refractivity contribution in [2.75, 3.05) is 0 Å². The molecule has 0 radical (unpaired) electrons. The standard InChI is InChI=1S/C16H11Cl2N3O2/c17-11-4-1-3-10(7-11)14-8-12(23-21-14)9-20-16(22)13-5-2-6-19-15(13)18/h1-8H,9H2,(H,20,22). The van der Waals surface area contributed by atoms with Gasteiger partial charge in [-0.05, 0) is 24.3 Å². The zero-order valence-corrected chi connectivity index (χ0v) is 13.3. The molecule has 0 atom stereocenters. The van der Waals surface area contributed by atoms with Crippen molar-refractivity contribution in [1.82, 2.24) is 15.5 Å². The summed E-state index contributed by atoms with van der Waals surface area (Å²) >= 11 is 11.8. The molecule has 5 nitrogen and oxygen atoms in total. The van der Waals surface area contributed by atoms with E-state index in [1.807, 2.05) is 12.1 Å². The Hall–Kier alpha value is -2.37. The van der Waals surface area contributed by atoms with Gasteiger partial charge in [-0.15, -0.1) is 0 Å². The lowest BCUT2D eigenvalue weighted by atomic mass is 10.1. The van der Waals surface area contributed by atoms with Gasteiger partial charge in [-0.3, -0.25) is 4.79 Å². The number of hydrogen-bond donors (Lipinski definition) is 1. The van der Waals surface area contributed by atoms with Crippen LogP contribution in [0.15, 0.2) is 53.2 Å². The first-order valence-corrected chi connectivity index (χ1v) is 7.49. The summed E-state index contributed by atoms with van der Waals surface area (Å²) in [6.07, 6.45) is 1.52. The fraction of sp³-hybridized carbons (Fsp3) is 0.0625. The third-order valence-electron chi connectivity index (χ3n) is 3.11. The number of nitrogens with zero attached hydrogens (tertiary/aromatic N) is 2. The number of carbonyl (C=O) groups excluding carboxylic acids is 1. The van der Waals surface area contributed by atoms with Crippen LogP contribution < -0.4 is 5.32 Å². The van der Waals surface area contributed by atoms with E-state index >= 15 is 0 Å². The van der Waals surface area contributed by atoms with Gasteiger partial charge in [0.05, 0.1) is 12.1 Å². The number of pyridine rings is 1. The fourth-order valence-electron chi connectivity index (χ4n) is 2.00. The van der Waals surface area contributed by atoms with E-state index in [-0.39, 0.29) is 17.6 Å². The molecule has 7 heteroatoms. The van der Waals surface area contributed by atoms with Crippen LogP contribution in [0.4, 0.5) is 0 Å². The predicted octanol–water partition coefficient (Wildman–Crippen LogP) is 3.97. The molecule has 0 saturated carbocycles. The van der Waals surface area contributed by atoms with Crippen LogP contribution in [0.1, 0.15) is 16.1 Å². The molecule has 3 aromatic rings. The van der Waals surface area contributed by atoms with E-state index in [1.165, 1.54) is 6.20 Å². The molecule has 0 aliphatic carbocycles. The Morgan fingerprint density at radius 1 is 1.17 bits per heavy atom. The van der Waals surface area contributed by atoms with Crippen molar-refractivity contribution >= 4 is 29.1 Å². The lowest BCUT2D eigenvalue weighted by molar-refractivity contribution is 0.0947. The average molecular weight is 348 g/mol. The SMILES string of the molecule is O=C(NCc1cc(-c2cccc(Cl)c2)no1)c1cccnc1Cl. The fourth-order valence-corrected chi connectivity index (χ4v) is 2.39. The van der Waals surface area contributed by atoms with Gasteiger partial charge in [0.25, 0.3) is 5.91 Å². The number of rotatable bonds is 4. The van der Waals surface area contributed by atoms with Gasteiger partial charge in [0, 0.05) is 22.8 Å². The van der Waals surface area contributed by atoms with Crippen LogP contribution in [-0.2, 0) is 6.54 Å². The van der Waals surface area contributed by atoms with Crippen LogP contribution in [-0.4, -0.2) is 16.0 Å². The Labute approximate surface area is 142 Å². The topological polar surface area (TPSA) is 68.0 Å². The van der Waals surface area contributed by atoms with Gasteiger partial charge in [0.1, 0.15) is 10.8 Å². The van der Waals surface area contributed by atoms with Crippen molar-refractivity contribution < 1.29 is 9.32 Å². The second-order valence-electron chi connectivity index (χ2n) is 4.71. The van der Waals surface area contributed by atoms with Gasteiger partial charge in [-0.1, -0.05) is 40.5 Å². The molecule has 1 aromatic carbocycles. The maximum absolute atomic E-state index is 12.0. The molecule has 0 aliphatic rings. The molecular formula is C16H11Cl2N3O2. The van der Waals surface area contributed by atoms with Crippen LogP contribution >= 0.6 is 23.2 Å². The Morgan fingerprint density at radius 3 is 2.83 bits per heavy atom. The van der Waals surface area contributed by atoms with E-state index in [4.69, 9.17) is 27.7 Å². The van der Waals surface area contributed by atoms with E-state index < -0.39 is 0 Å². The maximum Gasteiger partial charge on any atom is 0.254 e. The summed E-state index contributed by atoms with van der Waals surface area (Å²) in [7, 11) is 0. The normalized spacial score (nSPS) is 10.5. The quantitative estimate of drug-likeness (QED) is 0.725. The second-order valence-corrected chi connectivity index (χ2v) is 5.51. The van der Waals surface area contributed by atoms with Crippen molar-refractivity contribution in [3.8, 4) is 11.3 Å². The van der Waals surface area contributed by atoms with Gasteiger partial charge < -0.3 is 9.84 Å². The first kappa shape index (κ1) is 15.5. The summed E-state index contributed by atoms with van der Waals surface area (Å²) in [6, 6.07) is 12.3. The Morgan fingerprint density at radius 2 is 2.04 bits per heavy atom.